The molecule has 4 rings (SSSR count). The summed E-state index contributed by atoms with van der Waals surface area (Å²) in [5, 5.41) is 10.3. The molecule has 3 aromatic rings. The van der Waals surface area contributed by atoms with Crippen LogP contribution >= 0.6 is 0 Å². The number of H-pyrrole nitrogens is 1. The van der Waals surface area contributed by atoms with Crippen molar-refractivity contribution in [1.29, 1.82) is 0 Å². The SMILES string of the molecule is Cc1ccc(CCOCC(O)CN2CCC(n3c(=O)[nH]c4ccccc43)CC2)cc1. The van der Waals surface area contributed by atoms with E-state index in [1.54, 1.807) is 0 Å². The highest BCUT2D eigenvalue weighted by molar-refractivity contribution is 5.75. The van der Waals surface area contributed by atoms with Crippen molar-refractivity contribution in [2.45, 2.75) is 38.3 Å². The van der Waals surface area contributed by atoms with E-state index < -0.39 is 6.10 Å². The summed E-state index contributed by atoms with van der Waals surface area (Å²) in [6, 6.07) is 16.5. The van der Waals surface area contributed by atoms with Crippen LogP contribution in [0, 0.1) is 6.92 Å². The summed E-state index contributed by atoms with van der Waals surface area (Å²) < 4.78 is 7.59. The van der Waals surface area contributed by atoms with Crippen molar-refractivity contribution >= 4 is 11.0 Å². The van der Waals surface area contributed by atoms with Gasteiger partial charge in [-0.25, -0.2) is 4.79 Å². The number of fused-ring (bicyclic) bond motifs is 1. The number of rotatable bonds is 8. The first-order valence-corrected chi connectivity index (χ1v) is 10.8. The molecule has 30 heavy (non-hydrogen) atoms. The number of hydrogen-bond acceptors (Lipinski definition) is 4. The molecule has 1 atom stereocenters. The van der Waals surface area contributed by atoms with Gasteiger partial charge in [-0.2, -0.15) is 0 Å². The first-order chi connectivity index (χ1) is 14.6. The van der Waals surface area contributed by atoms with E-state index in [4.69, 9.17) is 4.74 Å². The lowest BCUT2D eigenvalue weighted by molar-refractivity contribution is 0.0120. The number of aromatic amines is 1. The highest BCUT2D eigenvalue weighted by Gasteiger charge is 2.24. The minimum atomic E-state index is -0.490. The van der Waals surface area contributed by atoms with E-state index in [1.165, 1.54) is 11.1 Å². The molecular formula is C24H31N3O3. The predicted octanol–water partition coefficient (Wildman–Crippen LogP) is 2.90. The molecule has 0 bridgehead atoms. The van der Waals surface area contributed by atoms with Crippen LogP contribution in [0.25, 0.3) is 11.0 Å². The largest absolute Gasteiger partial charge is 0.389 e. The number of piperidine rings is 1. The van der Waals surface area contributed by atoms with Crippen molar-refractivity contribution in [3.05, 3.63) is 70.1 Å². The standard InChI is InChI=1S/C24H31N3O3/c1-18-6-8-19(9-7-18)12-15-30-17-21(28)16-26-13-10-20(11-14-26)27-23-5-3-2-4-22(23)25-24(27)29/h2-9,20-21,28H,10-17H2,1H3,(H,25,29). The van der Waals surface area contributed by atoms with Gasteiger partial charge in [-0.15, -0.1) is 0 Å². The second kappa shape index (κ2) is 9.60. The first-order valence-electron chi connectivity index (χ1n) is 10.8. The number of aliphatic hydroxyl groups excluding tert-OH is 1. The molecule has 0 radical (unpaired) electrons. The van der Waals surface area contributed by atoms with E-state index >= 15 is 0 Å². The van der Waals surface area contributed by atoms with Gasteiger partial charge in [-0.05, 0) is 43.9 Å². The second-order valence-electron chi connectivity index (χ2n) is 8.31. The normalized spacial score (nSPS) is 16.9. The Labute approximate surface area is 177 Å². The molecule has 1 unspecified atom stereocenters. The van der Waals surface area contributed by atoms with Crippen molar-refractivity contribution in [1.82, 2.24) is 14.5 Å². The highest BCUT2D eigenvalue weighted by atomic mass is 16.5. The zero-order valence-corrected chi connectivity index (χ0v) is 17.6. The van der Waals surface area contributed by atoms with Crippen molar-refractivity contribution in [3.8, 4) is 0 Å². The predicted molar refractivity (Wildman–Crippen MR) is 119 cm³/mol. The van der Waals surface area contributed by atoms with Crippen LogP contribution in [0.2, 0.25) is 0 Å². The Bertz CT molecular complexity index is 1000. The molecule has 0 saturated carbocycles. The van der Waals surface area contributed by atoms with Gasteiger partial charge in [-0.1, -0.05) is 42.0 Å². The molecule has 160 valence electrons. The maximum absolute atomic E-state index is 12.4. The van der Waals surface area contributed by atoms with Crippen molar-refractivity contribution in [3.63, 3.8) is 0 Å². The second-order valence-corrected chi connectivity index (χ2v) is 8.31. The minimum absolute atomic E-state index is 0.0309. The van der Waals surface area contributed by atoms with Gasteiger partial charge in [0.15, 0.2) is 0 Å². The summed E-state index contributed by atoms with van der Waals surface area (Å²) in [5.74, 6) is 0. The monoisotopic (exact) mass is 409 g/mol. The maximum atomic E-state index is 12.4. The molecule has 2 aromatic carbocycles. The number of para-hydroxylation sites is 2. The number of benzene rings is 2. The molecule has 0 spiro atoms. The molecule has 1 fully saturated rings. The molecule has 2 heterocycles. The zero-order valence-electron chi connectivity index (χ0n) is 17.6. The Hall–Kier alpha value is -2.41. The Kier molecular flexibility index (Phi) is 6.67. The van der Waals surface area contributed by atoms with E-state index in [0.29, 0.717) is 19.8 Å². The third-order valence-corrected chi connectivity index (χ3v) is 5.98. The van der Waals surface area contributed by atoms with Gasteiger partial charge in [0, 0.05) is 25.7 Å². The molecule has 6 nitrogen and oxygen atoms in total. The number of likely N-dealkylation sites (tertiary alicyclic amines) is 1. The van der Waals surface area contributed by atoms with Crippen LogP contribution in [-0.4, -0.2) is 58.5 Å². The minimum Gasteiger partial charge on any atom is -0.389 e. The number of aromatic nitrogens is 2. The van der Waals surface area contributed by atoms with Crippen LogP contribution in [0.4, 0.5) is 0 Å². The molecule has 1 aliphatic heterocycles. The number of β-amino-alcohol motifs (C(OH)–C–C–N with tert-alkyl or cyclic N) is 1. The zero-order chi connectivity index (χ0) is 20.9. The molecule has 6 heteroatoms. The Morgan fingerprint density at radius 2 is 1.87 bits per heavy atom. The summed E-state index contributed by atoms with van der Waals surface area (Å²) in [6.45, 7) is 5.41. The van der Waals surface area contributed by atoms with Gasteiger partial charge in [0.05, 0.1) is 30.4 Å². The Morgan fingerprint density at radius 3 is 2.63 bits per heavy atom. The summed E-state index contributed by atoms with van der Waals surface area (Å²) in [7, 11) is 0. The third kappa shape index (κ3) is 5.01. The van der Waals surface area contributed by atoms with Gasteiger partial charge >= 0.3 is 5.69 Å². The lowest BCUT2D eigenvalue weighted by Gasteiger charge is -2.33. The average molecular weight is 410 g/mol. The number of nitrogens with one attached hydrogen (secondary N) is 1. The smallest absolute Gasteiger partial charge is 0.326 e. The lowest BCUT2D eigenvalue weighted by Crippen LogP contribution is -2.41. The van der Waals surface area contributed by atoms with E-state index in [2.05, 4.69) is 41.1 Å². The molecular weight excluding hydrogens is 378 g/mol. The Morgan fingerprint density at radius 1 is 1.13 bits per heavy atom. The number of aryl methyl sites for hydroxylation is 1. The molecule has 0 amide bonds. The highest BCUT2D eigenvalue weighted by Crippen LogP contribution is 2.24. The molecule has 1 saturated heterocycles. The van der Waals surface area contributed by atoms with Gasteiger partial charge < -0.3 is 19.7 Å². The topological polar surface area (TPSA) is 70.5 Å². The van der Waals surface area contributed by atoms with Crippen molar-refractivity contribution < 1.29 is 9.84 Å². The van der Waals surface area contributed by atoms with Crippen LogP contribution in [0.15, 0.2) is 53.3 Å². The van der Waals surface area contributed by atoms with Gasteiger partial charge in [0.25, 0.3) is 0 Å². The van der Waals surface area contributed by atoms with Crippen LogP contribution in [0.1, 0.15) is 30.0 Å². The number of imidazole rings is 1. The van der Waals surface area contributed by atoms with E-state index in [1.807, 2.05) is 28.8 Å². The summed E-state index contributed by atoms with van der Waals surface area (Å²) in [4.78, 5) is 17.6. The Balaban J connectivity index is 1.20. The molecule has 1 aromatic heterocycles. The fraction of sp³-hybridized carbons (Fsp3) is 0.458. The first kappa shape index (κ1) is 20.8. The number of aliphatic hydroxyl groups is 1. The number of nitrogens with zero attached hydrogens (tertiary/aromatic N) is 2. The lowest BCUT2D eigenvalue weighted by atomic mass is 10.0. The molecule has 0 aliphatic carbocycles. The van der Waals surface area contributed by atoms with Crippen LogP contribution < -0.4 is 5.69 Å². The van der Waals surface area contributed by atoms with E-state index in [9.17, 15) is 9.90 Å². The van der Waals surface area contributed by atoms with Gasteiger partial charge in [-0.3, -0.25) is 4.57 Å². The van der Waals surface area contributed by atoms with Crippen LogP contribution in [-0.2, 0) is 11.2 Å². The fourth-order valence-electron chi connectivity index (χ4n) is 4.31. The summed E-state index contributed by atoms with van der Waals surface area (Å²) in [5.41, 5.74) is 4.35. The summed E-state index contributed by atoms with van der Waals surface area (Å²) in [6.07, 6.45) is 2.18. The number of hydrogen-bond donors (Lipinski definition) is 2. The van der Waals surface area contributed by atoms with Crippen LogP contribution in [0.3, 0.4) is 0 Å². The van der Waals surface area contributed by atoms with E-state index in [0.717, 1.165) is 43.4 Å². The molecule has 1 aliphatic rings. The average Bonchev–Trinajstić information content (AvgIpc) is 3.09. The van der Waals surface area contributed by atoms with Crippen LogP contribution in [0.5, 0.6) is 0 Å². The van der Waals surface area contributed by atoms with Crippen molar-refractivity contribution in [2.75, 3.05) is 32.8 Å². The third-order valence-electron chi connectivity index (χ3n) is 5.98. The maximum Gasteiger partial charge on any atom is 0.326 e. The quantitative estimate of drug-likeness (QED) is 0.561. The van der Waals surface area contributed by atoms with Crippen molar-refractivity contribution in [2.24, 2.45) is 0 Å². The fourth-order valence-corrected chi connectivity index (χ4v) is 4.31. The van der Waals surface area contributed by atoms with E-state index in [-0.39, 0.29) is 11.7 Å². The van der Waals surface area contributed by atoms with Gasteiger partial charge in [0.1, 0.15) is 0 Å². The molecule has 2 N–H and O–H groups in total. The summed E-state index contributed by atoms with van der Waals surface area (Å²) >= 11 is 0. The van der Waals surface area contributed by atoms with Gasteiger partial charge in [0.2, 0.25) is 0 Å². The number of ether oxygens (including phenoxy) is 1.